The fourth-order valence-corrected chi connectivity index (χ4v) is 7.63. The minimum atomic E-state index is -5.13. The molecule has 1 aliphatic rings. The number of amides is 1. The summed E-state index contributed by atoms with van der Waals surface area (Å²) in [5.74, 6) is -4.68. The molecule has 0 fully saturated rings. The first kappa shape index (κ1) is 42.4. The number of aliphatic hydroxyl groups is 1. The zero-order valence-electron chi connectivity index (χ0n) is 31.1. The monoisotopic (exact) mass is 854 g/mol. The van der Waals surface area contributed by atoms with Crippen LogP contribution in [0.25, 0.3) is 22.0 Å². The smallest absolute Gasteiger partial charge is 0.378 e. The van der Waals surface area contributed by atoms with Gasteiger partial charge >= 0.3 is 6.18 Å². The van der Waals surface area contributed by atoms with Crippen LogP contribution in [0.1, 0.15) is 73.6 Å². The molecule has 1 amide bonds. The summed E-state index contributed by atoms with van der Waals surface area (Å²) in [6.07, 6.45) is -5.56. The van der Waals surface area contributed by atoms with Crippen LogP contribution in [0.5, 0.6) is 0 Å². The number of alkyl halides is 5. The van der Waals surface area contributed by atoms with Crippen LogP contribution in [0.15, 0.2) is 42.5 Å². The van der Waals surface area contributed by atoms with Crippen LogP contribution in [-0.4, -0.2) is 49.6 Å². The van der Waals surface area contributed by atoms with E-state index in [-0.39, 0.29) is 49.8 Å². The molecule has 5 aromatic rings. The molecule has 1 aliphatic carbocycles. The molecule has 3 heterocycles. The molecular formula is C37H34ClF7N8O4S. The third kappa shape index (κ3) is 8.48. The highest BCUT2D eigenvalue weighted by Crippen LogP contribution is 2.55. The van der Waals surface area contributed by atoms with Gasteiger partial charge in [0.05, 0.1) is 27.7 Å². The van der Waals surface area contributed by atoms with Crippen LogP contribution < -0.4 is 15.2 Å². The number of nitrogens with two attached hydrogens (primary N) is 1. The summed E-state index contributed by atoms with van der Waals surface area (Å²) < 4.78 is 130. The van der Waals surface area contributed by atoms with E-state index in [0.717, 1.165) is 19.1 Å². The number of rotatable bonds is 9. The van der Waals surface area contributed by atoms with E-state index in [2.05, 4.69) is 37.1 Å². The molecule has 0 aliphatic heterocycles. The van der Waals surface area contributed by atoms with Gasteiger partial charge in [-0.25, -0.2) is 18.9 Å². The van der Waals surface area contributed by atoms with Crippen LogP contribution in [0.3, 0.4) is 0 Å². The summed E-state index contributed by atoms with van der Waals surface area (Å²) in [7, 11) is -2.90. The topological polar surface area (TPSA) is 170 Å². The summed E-state index contributed by atoms with van der Waals surface area (Å²) in [5, 5.41) is 25.9. The average Bonchev–Trinajstić information content (AvgIpc) is 3.68. The van der Waals surface area contributed by atoms with E-state index in [9.17, 15) is 40.3 Å². The maximum absolute atomic E-state index is 15.6. The largest absolute Gasteiger partial charge is 0.435 e. The molecule has 6 rings (SSSR count). The van der Waals surface area contributed by atoms with E-state index in [0.29, 0.717) is 10.7 Å². The number of fused-ring (bicyclic) bond motifs is 2. The Labute approximate surface area is 331 Å². The number of aryl methyl sites for hydroxylation is 1. The Kier molecular flexibility index (Phi) is 10.9. The molecule has 0 unspecified atom stereocenters. The van der Waals surface area contributed by atoms with E-state index < -0.39 is 93.2 Å². The van der Waals surface area contributed by atoms with Gasteiger partial charge in [0.2, 0.25) is 5.91 Å². The molecule has 2 aromatic carbocycles. The van der Waals surface area contributed by atoms with Crippen molar-refractivity contribution in [1.29, 1.82) is 0 Å². The summed E-state index contributed by atoms with van der Waals surface area (Å²) in [4.78, 5) is 18.6. The van der Waals surface area contributed by atoms with Gasteiger partial charge in [-0.3, -0.25) is 18.9 Å². The van der Waals surface area contributed by atoms with Crippen molar-refractivity contribution in [2.45, 2.75) is 70.3 Å². The molecule has 3 aromatic heterocycles. The van der Waals surface area contributed by atoms with Gasteiger partial charge in [-0.05, 0) is 68.0 Å². The molecule has 0 spiro atoms. The predicted octanol–water partition coefficient (Wildman–Crippen LogP) is 6.47. The number of anilines is 1. The number of halogens is 8. The van der Waals surface area contributed by atoms with Crippen molar-refractivity contribution < 1.29 is 49.1 Å². The number of nitrogens with one attached hydrogen (secondary N) is 2. The molecule has 12 nitrogen and oxygen atoms in total. The second-order valence-electron chi connectivity index (χ2n) is 14.4. The lowest BCUT2D eigenvalue weighted by atomic mass is 9.93. The molecular weight excluding hydrogens is 821 g/mol. The van der Waals surface area contributed by atoms with Crippen molar-refractivity contribution >= 4 is 44.4 Å². The molecule has 308 valence electrons. The quantitative estimate of drug-likeness (QED) is 0.0974. The van der Waals surface area contributed by atoms with Gasteiger partial charge < -0.3 is 10.4 Å². The van der Waals surface area contributed by atoms with Crippen LogP contribution in [0.4, 0.5) is 36.6 Å². The SMILES string of the molecule is C[C@@H]1c2c(C(F)(F)F)nn(CC(=O)N[C@@H](Cc3cc(F)cc(F)c3)c3nc(C#CC(C)(C)O)ccc3-c3ccc(Cl)c4c(NS(N)(=O)=O)nn(C)c34)c2C(F)(F)[C@@H]1C. The second-order valence-corrected chi connectivity index (χ2v) is 16.1. The Morgan fingerprint density at radius 2 is 1.71 bits per heavy atom. The van der Waals surface area contributed by atoms with E-state index in [1.807, 2.05) is 0 Å². The van der Waals surface area contributed by atoms with Gasteiger partial charge in [-0.2, -0.15) is 40.6 Å². The highest BCUT2D eigenvalue weighted by molar-refractivity contribution is 7.90. The summed E-state index contributed by atoms with van der Waals surface area (Å²) >= 11 is 6.52. The van der Waals surface area contributed by atoms with Crippen LogP contribution >= 0.6 is 11.6 Å². The molecule has 0 bridgehead atoms. The highest BCUT2D eigenvalue weighted by Gasteiger charge is 2.57. The van der Waals surface area contributed by atoms with Crippen molar-refractivity contribution in [3.8, 4) is 23.0 Å². The van der Waals surface area contributed by atoms with Gasteiger partial charge in [-0.15, -0.1) is 0 Å². The molecule has 0 saturated heterocycles. The standard InChI is InChI=1S/C37H34ClF7N8O4S/c1-17-18(2)36(41,42)33-28(17)32(37(43,44)45)49-53(33)16-27(54)48-26(14-19-12-20(39)15-21(40)13-19)30-23(7-6-22(47-30)10-11-35(3,4)55)24-8-9-25(38)29-31(24)52(5)50-34(29)51-58(46,56)57/h6-9,12-13,15,17-18,26,55H,14,16H2,1-5H3,(H,48,54)(H,50,51)(H2,46,56,57)/t17-,18+,26-/m0/s1. The van der Waals surface area contributed by atoms with Crippen molar-refractivity contribution in [2.24, 2.45) is 18.1 Å². The van der Waals surface area contributed by atoms with Gasteiger partial charge in [0.15, 0.2) is 11.5 Å². The fraction of sp³-hybridized carbons (Fsp3) is 0.351. The van der Waals surface area contributed by atoms with E-state index in [4.69, 9.17) is 16.7 Å². The van der Waals surface area contributed by atoms with Crippen molar-refractivity contribution in [1.82, 2.24) is 29.9 Å². The van der Waals surface area contributed by atoms with Gasteiger partial charge in [-0.1, -0.05) is 37.4 Å². The van der Waals surface area contributed by atoms with Crippen LogP contribution in [0, 0.1) is 29.4 Å². The third-order valence-electron chi connectivity index (χ3n) is 9.56. The average molecular weight is 855 g/mol. The van der Waals surface area contributed by atoms with Gasteiger partial charge in [0, 0.05) is 35.7 Å². The lowest BCUT2D eigenvalue weighted by Crippen LogP contribution is -2.35. The fourth-order valence-electron chi connectivity index (χ4n) is 6.98. The minimum absolute atomic E-state index is 0.0136. The minimum Gasteiger partial charge on any atom is -0.378 e. The first-order valence-corrected chi connectivity index (χ1v) is 19.2. The maximum Gasteiger partial charge on any atom is 0.435 e. The van der Waals surface area contributed by atoms with Crippen molar-refractivity contribution in [3.05, 3.63) is 93.0 Å². The number of carbonyl (C=O) groups is 1. The zero-order chi connectivity index (χ0) is 42.9. The molecule has 0 saturated carbocycles. The Hall–Kier alpha value is -5.23. The van der Waals surface area contributed by atoms with E-state index in [1.165, 1.54) is 56.8 Å². The second kappa shape index (κ2) is 14.9. The molecule has 3 atom stereocenters. The van der Waals surface area contributed by atoms with Crippen molar-refractivity contribution in [3.63, 3.8) is 0 Å². The lowest BCUT2D eigenvalue weighted by molar-refractivity contribution is -0.143. The van der Waals surface area contributed by atoms with E-state index >= 15 is 8.78 Å². The number of benzene rings is 2. The normalized spacial score (nSPS) is 17.2. The molecule has 58 heavy (non-hydrogen) atoms. The summed E-state index contributed by atoms with van der Waals surface area (Å²) in [5.41, 5.74) is -4.30. The zero-order valence-corrected chi connectivity index (χ0v) is 32.7. The summed E-state index contributed by atoms with van der Waals surface area (Å²) in [6, 6.07) is 6.93. The summed E-state index contributed by atoms with van der Waals surface area (Å²) in [6.45, 7) is 3.97. The lowest BCUT2D eigenvalue weighted by Gasteiger charge is -2.23. The molecule has 5 N–H and O–H groups in total. The number of carbonyl (C=O) groups excluding carboxylic acids is 1. The Balaban J connectivity index is 1.55. The van der Waals surface area contributed by atoms with E-state index in [1.54, 1.807) is 0 Å². The predicted molar refractivity (Wildman–Crippen MR) is 199 cm³/mol. The van der Waals surface area contributed by atoms with Gasteiger partial charge in [0.1, 0.15) is 35.2 Å². The molecule has 21 heteroatoms. The number of nitrogens with zero attached hydrogens (tertiary/aromatic N) is 5. The molecule has 0 radical (unpaired) electrons. The highest BCUT2D eigenvalue weighted by atomic mass is 35.5. The number of pyridine rings is 1. The number of aromatic nitrogens is 5. The Morgan fingerprint density at radius 1 is 1.07 bits per heavy atom. The van der Waals surface area contributed by atoms with Crippen molar-refractivity contribution in [2.75, 3.05) is 4.72 Å². The number of hydrogen-bond acceptors (Lipinski definition) is 7. The van der Waals surface area contributed by atoms with Crippen LogP contribution in [0.2, 0.25) is 5.02 Å². The van der Waals surface area contributed by atoms with Gasteiger partial charge in [0.25, 0.3) is 16.1 Å². The Morgan fingerprint density at radius 3 is 2.31 bits per heavy atom. The first-order chi connectivity index (χ1) is 26.7. The Bertz CT molecular complexity index is 2630. The number of hydrogen-bond donors (Lipinski definition) is 4. The third-order valence-corrected chi connectivity index (χ3v) is 10.4. The maximum atomic E-state index is 15.6. The van der Waals surface area contributed by atoms with Crippen LogP contribution in [-0.2, 0) is 47.1 Å². The first-order valence-electron chi connectivity index (χ1n) is 17.3.